The topological polar surface area (TPSA) is 153 Å². The second kappa shape index (κ2) is 11.7. The number of aliphatic carboxylic acids is 2. The van der Waals surface area contributed by atoms with E-state index in [1.807, 2.05) is 17.9 Å². The molecule has 10 nitrogen and oxygen atoms in total. The van der Waals surface area contributed by atoms with Gasteiger partial charge in [-0.2, -0.15) is 0 Å². The van der Waals surface area contributed by atoms with Crippen LogP contribution in [0.15, 0.2) is 47.3 Å². The van der Waals surface area contributed by atoms with Crippen molar-refractivity contribution in [1.82, 2.24) is 15.3 Å². The lowest BCUT2D eigenvalue weighted by atomic mass is 10.1. The zero-order valence-electron chi connectivity index (χ0n) is 19.7. The molecule has 0 bridgehead atoms. The van der Waals surface area contributed by atoms with Gasteiger partial charge in [0.2, 0.25) is 0 Å². The summed E-state index contributed by atoms with van der Waals surface area (Å²) < 4.78 is 0. The van der Waals surface area contributed by atoms with Crippen LogP contribution in [0.5, 0.6) is 0 Å². The minimum atomic E-state index is -1.31. The van der Waals surface area contributed by atoms with Gasteiger partial charge in [0, 0.05) is 30.6 Å². The molecule has 0 aliphatic rings. The van der Waals surface area contributed by atoms with Gasteiger partial charge >= 0.3 is 11.9 Å². The Labute approximate surface area is 207 Å². The Balaban J connectivity index is 1.77. The van der Waals surface area contributed by atoms with Crippen LogP contribution in [0.3, 0.4) is 0 Å². The molecular weight excluding hydrogens is 464 g/mol. The van der Waals surface area contributed by atoms with Crippen LogP contribution in [0.2, 0.25) is 0 Å². The predicted molar refractivity (Wildman–Crippen MR) is 134 cm³/mol. The van der Waals surface area contributed by atoms with Crippen molar-refractivity contribution < 1.29 is 24.6 Å². The Bertz CT molecular complexity index is 1370. The molecule has 1 atom stereocenters. The Morgan fingerprint density at radius 2 is 1.89 bits per heavy atom. The second-order valence-corrected chi connectivity index (χ2v) is 8.12. The molecule has 0 fully saturated rings. The summed E-state index contributed by atoms with van der Waals surface area (Å²) in [5, 5.41) is 20.8. The fourth-order valence-electron chi connectivity index (χ4n) is 3.66. The van der Waals surface area contributed by atoms with Gasteiger partial charge in [-0.25, -0.2) is 9.78 Å². The molecule has 1 heterocycles. The van der Waals surface area contributed by atoms with Gasteiger partial charge < -0.3 is 25.4 Å². The molecule has 3 rings (SSSR count). The average Bonchev–Trinajstić information content (AvgIpc) is 2.86. The maximum Gasteiger partial charge on any atom is 0.326 e. The van der Waals surface area contributed by atoms with Crippen LogP contribution in [0.4, 0.5) is 5.69 Å². The van der Waals surface area contributed by atoms with Gasteiger partial charge in [-0.1, -0.05) is 18.9 Å². The van der Waals surface area contributed by atoms with Crippen LogP contribution >= 0.6 is 0 Å². The van der Waals surface area contributed by atoms with E-state index in [2.05, 4.69) is 21.2 Å². The number of amides is 1. The van der Waals surface area contributed by atoms with Gasteiger partial charge in [0.05, 0.1) is 17.4 Å². The number of aromatic amines is 1. The fraction of sp³-hybridized carbons (Fsp3) is 0.269. The number of carboxylic acids is 2. The molecule has 1 aromatic heterocycles. The van der Waals surface area contributed by atoms with Crippen molar-refractivity contribution in [1.29, 1.82) is 0 Å². The molecule has 186 valence electrons. The van der Waals surface area contributed by atoms with E-state index in [0.717, 1.165) is 11.3 Å². The number of hydrogen-bond acceptors (Lipinski definition) is 6. The molecule has 36 heavy (non-hydrogen) atoms. The zero-order chi connectivity index (χ0) is 26.2. The molecule has 0 saturated carbocycles. The predicted octanol–water partition coefficient (Wildman–Crippen LogP) is 2.17. The maximum atomic E-state index is 12.5. The Morgan fingerprint density at radius 3 is 2.50 bits per heavy atom. The number of aryl methyl sites for hydroxylation is 1. The molecule has 0 spiro atoms. The van der Waals surface area contributed by atoms with E-state index in [9.17, 15) is 24.3 Å². The molecule has 4 N–H and O–H groups in total. The molecule has 2 aromatic carbocycles. The largest absolute Gasteiger partial charge is 0.481 e. The van der Waals surface area contributed by atoms with Crippen molar-refractivity contribution >= 4 is 34.4 Å². The van der Waals surface area contributed by atoms with Crippen LogP contribution in [-0.4, -0.2) is 50.6 Å². The van der Waals surface area contributed by atoms with Gasteiger partial charge in [0.15, 0.2) is 0 Å². The summed E-state index contributed by atoms with van der Waals surface area (Å²) in [4.78, 5) is 56.1. The van der Waals surface area contributed by atoms with Crippen molar-refractivity contribution in [2.24, 2.45) is 0 Å². The van der Waals surface area contributed by atoms with Crippen molar-refractivity contribution in [2.45, 2.75) is 38.8 Å². The van der Waals surface area contributed by atoms with Crippen LogP contribution in [0.25, 0.3) is 10.9 Å². The number of aromatic nitrogens is 2. The van der Waals surface area contributed by atoms with E-state index in [4.69, 9.17) is 11.5 Å². The van der Waals surface area contributed by atoms with E-state index < -0.39 is 23.9 Å². The molecule has 3 aromatic rings. The maximum absolute atomic E-state index is 12.5. The number of hydrogen-bond donors (Lipinski definition) is 4. The summed E-state index contributed by atoms with van der Waals surface area (Å²) in [5.74, 6) is 0.138. The van der Waals surface area contributed by atoms with Crippen molar-refractivity contribution in [3.63, 3.8) is 0 Å². The zero-order valence-corrected chi connectivity index (χ0v) is 19.7. The van der Waals surface area contributed by atoms with Crippen LogP contribution in [0.1, 0.15) is 41.5 Å². The summed E-state index contributed by atoms with van der Waals surface area (Å²) in [6, 6.07) is 10.6. The van der Waals surface area contributed by atoms with E-state index in [-0.39, 0.29) is 30.5 Å². The van der Waals surface area contributed by atoms with Gasteiger partial charge in [-0.15, -0.1) is 6.42 Å². The first kappa shape index (κ1) is 26.0. The summed E-state index contributed by atoms with van der Waals surface area (Å²) in [6.45, 7) is 2.58. The molecule has 0 aliphatic heterocycles. The number of nitrogens with zero attached hydrogens (tertiary/aromatic N) is 2. The second-order valence-electron chi connectivity index (χ2n) is 8.12. The molecule has 0 radical (unpaired) electrons. The molecule has 1 amide bonds. The van der Waals surface area contributed by atoms with Gasteiger partial charge in [0.25, 0.3) is 11.5 Å². The quantitative estimate of drug-likeness (QED) is 0.298. The van der Waals surface area contributed by atoms with Crippen molar-refractivity contribution in [3.8, 4) is 12.3 Å². The number of carbonyl (C=O) groups is 3. The van der Waals surface area contributed by atoms with E-state index in [1.54, 1.807) is 24.3 Å². The molecule has 10 heteroatoms. The number of nitrogens with one attached hydrogen (secondary N) is 2. The number of terminal acetylenes is 1. The first-order valence-electron chi connectivity index (χ1n) is 11.3. The lowest BCUT2D eigenvalue weighted by Crippen LogP contribution is -2.41. The minimum absolute atomic E-state index is 0.208. The Hall–Kier alpha value is -4.65. The number of benzene rings is 2. The number of carbonyl (C=O) groups excluding carboxylic acids is 1. The molecular formula is C26H26N4O6. The summed E-state index contributed by atoms with van der Waals surface area (Å²) in [6.07, 6.45) is 5.57. The fourth-order valence-corrected chi connectivity index (χ4v) is 3.66. The van der Waals surface area contributed by atoms with Crippen LogP contribution in [-0.2, 0) is 22.6 Å². The highest BCUT2D eigenvalue weighted by Crippen LogP contribution is 2.20. The van der Waals surface area contributed by atoms with Gasteiger partial charge in [-0.3, -0.25) is 14.4 Å². The average molecular weight is 491 g/mol. The number of rotatable bonds is 11. The minimum Gasteiger partial charge on any atom is -0.481 e. The van der Waals surface area contributed by atoms with E-state index >= 15 is 0 Å². The number of anilines is 1. The summed E-state index contributed by atoms with van der Waals surface area (Å²) in [5.41, 5.74) is 2.19. The SMILES string of the molecule is C#CCN(Cc1ccc2nc(CC)[nH]c(=O)c2c1)c1ccc(C(=O)N[C@@H](CCC(=O)O)C(=O)O)cc1. The Kier molecular flexibility index (Phi) is 8.41. The van der Waals surface area contributed by atoms with Crippen molar-refractivity contribution in [3.05, 3.63) is 69.8 Å². The third kappa shape index (κ3) is 6.48. The van der Waals surface area contributed by atoms with Crippen LogP contribution < -0.4 is 15.8 Å². The number of H-pyrrole nitrogens is 1. The van der Waals surface area contributed by atoms with Crippen molar-refractivity contribution in [2.75, 3.05) is 11.4 Å². The smallest absolute Gasteiger partial charge is 0.326 e. The monoisotopic (exact) mass is 490 g/mol. The van der Waals surface area contributed by atoms with Gasteiger partial charge in [-0.05, 0) is 48.4 Å². The van der Waals surface area contributed by atoms with E-state index in [1.165, 1.54) is 12.1 Å². The van der Waals surface area contributed by atoms with Gasteiger partial charge in [0.1, 0.15) is 11.9 Å². The lowest BCUT2D eigenvalue weighted by molar-refractivity contribution is -0.140. The van der Waals surface area contributed by atoms with Crippen LogP contribution in [0, 0.1) is 12.3 Å². The molecule has 0 unspecified atom stereocenters. The lowest BCUT2D eigenvalue weighted by Gasteiger charge is -2.23. The number of fused-ring (bicyclic) bond motifs is 1. The summed E-state index contributed by atoms with van der Waals surface area (Å²) in [7, 11) is 0. The highest BCUT2D eigenvalue weighted by atomic mass is 16.4. The normalized spacial score (nSPS) is 11.4. The molecule has 0 saturated heterocycles. The number of carboxylic acid groups (broad SMARTS) is 2. The first-order chi connectivity index (χ1) is 17.2. The first-order valence-corrected chi connectivity index (χ1v) is 11.3. The Morgan fingerprint density at radius 1 is 1.17 bits per heavy atom. The van der Waals surface area contributed by atoms with E-state index in [0.29, 0.717) is 29.7 Å². The summed E-state index contributed by atoms with van der Waals surface area (Å²) >= 11 is 0. The standard InChI is InChI=1S/C26H26N4O6/c1-3-13-30(15-16-5-10-20-19(14-16)25(34)29-22(4-2)27-20)18-8-6-17(7-9-18)24(33)28-21(26(35)36)11-12-23(31)32/h1,5-10,14,21H,4,11-13,15H2,2H3,(H,28,33)(H,31,32)(H,35,36)(H,27,29,34)/t21-/m0/s1. The molecule has 0 aliphatic carbocycles. The third-order valence-electron chi connectivity index (χ3n) is 5.55. The highest BCUT2D eigenvalue weighted by molar-refractivity contribution is 5.97. The highest BCUT2D eigenvalue weighted by Gasteiger charge is 2.21. The third-order valence-corrected chi connectivity index (χ3v) is 5.55.